The summed E-state index contributed by atoms with van der Waals surface area (Å²) in [7, 11) is 2.66. The molecule has 0 aliphatic carbocycles. The van der Waals surface area contributed by atoms with Crippen molar-refractivity contribution >= 4 is 35.8 Å². The fourth-order valence-corrected chi connectivity index (χ4v) is 5.06. The van der Waals surface area contributed by atoms with Gasteiger partial charge in [-0.15, -0.1) is 9.24 Å². The first-order chi connectivity index (χ1) is 5.74. The molecule has 12 heavy (non-hydrogen) atoms. The van der Waals surface area contributed by atoms with Crippen LogP contribution in [0.25, 0.3) is 0 Å². The van der Waals surface area contributed by atoms with Gasteiger partial charge in [-0.1, -0.05) is 15.5 Å². The predicted octanol–water partition coefficient (Wildman–Crippen LogP) is 0.396. The summed E-state index contributed by atoms with van der Waals surface area (Å²) in [5.41, 5.74) is 0. The third kappa shape index (κ3) is 1.17. The fraction of sp³-hybridized carbons (Fsp3) is 0.571. The van der Waals surface area contributed by atoms with Crippen LogP contribution < -0.4 is 0 Å². The molecule has 1 amide bonds. The molecule has 3 unspecified atom stereocenters. The number of β-lactam (4-membered cyclic amide) rings is 1. The van der Waals surface area contributed by atoms with E-state index in [0.29, 0.717) is 17.0 Å². The molecule has 0 aromatic heterocycles. The van der Waals surface area contributed by atoms with Gasteiger partial charge in [0.25, 0.3) is 0 Å². The van der Waals surface area contributed by atoms with Gasteiger partial charge in [0.15, 0.2) is 0 Å². The van der Waals surface area contributed by atoms with Gasteiger partial charge < -0.3 is 4.90 Å². The van der Waals surface area contributed by atoms with Crippen LogP contribution in [0.3, 0.4) is 0 Å². The minimum atomic E-state index is -0.0560. The van der Waals surface area contributed by atoms with Gasteiger partial charge in [0.1, 0.15) is 0 Å². The lowest BCUT2D eigenvalue weighted by atomic mass is 10.2. The molecule has 66 valence electrons. The molecule has 0 radical (unpaired) electrons. The van der Waals surface area contributed by atoms with Crippen molar-refractivity contribution < 1.29 is 4.79 Å². The minimum absolute atomic E-state index is 0.0560. The van der Waals surface area contributed by atoms with E-state index in [4.69, 9.17) is 11.2 Å². The second kappa shape index (κ2) is 3.17. The maximum absolute atomic E-state index is 11.0. The molecule has 0 saturated carbocycles. The van der Waals surface area contributed by atoms with E-state index in [-0.39, 0.29) is 15.4 Å². The molecule has 1 saturated heterocycles. The summed E-state index contributed by atoms with van der Waals surface area (Å²) < 4.78 is 0. The van der Waals surface area contributed by atoms with E-state index < -0.39 is 0 Å². The summed E-state index contributed by atoms with van der Waals surface area (Å²) in [6.07, 6.45) is 5.65. The van der Waals surface area contributed by atoms with Crippen molar-refractivity contribution in [3.63, 3.8) is 0 Å². The van der Waals surface area contributed by atoms with Gasteiger partial charge in [-0.05, 0) is 17.4 Å². The van der Waals surface area contributed by atoms with Gasteiger partial charge in [-0.2, -0.15) is 0 Å². The maximum Gasteiger partial charge on any atom is 0.230 e. The number of carbonyl (C=O) groups excluding carboxylic acids is 1. The number of fused-ring (bicyclic) bond motifs is 1. The standard InChI is InChI=1S/C7H10NOPS2/c9-6-3-7-8(6)2-1-5(4-10)12(7)11/h1-2,5,7H,3-4,10H2/t5?,7-,12?/m1/s1. The first-order valence-electron chi connectivity index (χ1n) is 3.83. The van der Waals surface area contributed by atoms with Gasteiger partial charge in [-0.25, -0.2) is 0 Å². The third-order valence-corrected chi connectivity index (χ3v) is 6.34. The van der Waals surface area contributed by atoms with Crippen molar-refractivity contribution in [3.8, 4) is 0 Å². The largest absolute Gasteiger partial charge is 0.306 e. The lowest BCUT2D eigenvalue weighted by Crippen LogP contribution is -2.55. The Hall–Kier alpha value is 0.210. The molecule has 0 spiro atoms. The van der Waals surface area contributed by atoms with Crippen molar-refractivity contribution in [1.29, 1.82) is 0 Å². The van der Waals surface area contributed by atoms with Crippen LogP contribution in [-0.2, 0) is 25.4 Å². The molecular formula is C7H10NOPS2. The van der Waals surface area contributed by atoms with Gasteiger partial charge in [0.2, 0.25) is 5.91 Å². The molecule has 1 fully saturated rings. The van der Waals surface area contributed by atoms with Crippen LogP contribution >= 0.6 is 9.24 Å². The lowest BCUT2D eigenvalue weighted by molar-refractivity contribution is -0.137. The number of carbonyl (C=O) groups is 1. The second-order valence-electron chi connectivity index (χ2n) is 2.90. The minimum Gasteiger partial charge on any atom is -0.306 e. The summed E-state index contributed by atoms with van der Waals surface area (Å²) >= 11 is 5.38. The Kier molecular flexibility index (Phi) is 2.32. The van der Waals surface area contributed by atoms with Crippen LogP contribution in [0.2, 0.25) is 0 Å². The van der Waals surface area contributed by atoms with E-state index >= 15 is 0 Å². The molecule has 0 aromatic rings. The van der Waals surface area contributed by atoms with Crippen LogP contribution in [0.4, 0.5) is 0 Å². The zero-order valence-electron chi connectivity index (χ0n) is 6.47. The van der Waals surface area contributed by atoms with Crippen molar-refractivity contribution in [2.45, 2.75) is 17.0 Å². The van der Waals surface area contributed by atoms with E-state index in [1.807, 2.05) is 6.20 Å². The molecule has 2 aliphatic rings. The van der Waals surface area contributed by atoms with Crippen LogP contribution in [0.5, 0.6) is 0 Å². The summed E-state index contributed by atoms with van der Waals surface area (Å²) in [6.45, 7) is 0. The SMILES string of the molecule is O=C1C[C@@H]2N1C=CC(CP)S2=S. The summed E-state index contributed by atoms with van der Waals surface area (Å²) in [6, 6.07) is 0. The zero-order valence-corrected chi connectivity index (χ0v) is 9.26. The van der Waals surface area contributed by atoms with Crippen LogP contribution in [0.1, 0.15) is 6.42 Å². The molecule has 0 bridgehead atoms. The van der Waals surface area contributed by atoms with Crippen LogP contribution in [0.15, 0.2) is 12.3 Å². The average molecular weight is 219 g/mol. The fourth-order valence-electron chi connectivity index (χ4n) is 1.42. The molecule has 2 heterocycles. The topological polar surface area (TPSA) is 20.3 Å². The Morgan fingerprint density at radius 1 is 1.83 bits per heavy atom. The summed E-state index contributed by atoms with van der Waals surface area (Å²) in [5.74, 6) is 0.223. The number of hydrogen-bond donors (Lipinski definition) is 0. The first-order valence-corrected chi connectivity index (χ1v) is 6.92. The van der Waals surface area contributed by atoms with Gasteiger partial charge >= 0.3 is 0 Å². The second-order valence-corrected chi connectivity index (χ2v) is 6.34. The third-order valence-electron chi connectivity index (χ3n) is 2.21. The Morgan fingerprint density at radius 3 is 3.17 bits per heavy atom. The summed E-state index contributed by atoms with van der Waals surface area (Å²) in [5, 5.41) is 0.822. The van der Waals surface area contributed by atoms with Gasteiger partial charge in [0.05, 0.1) is 11.8 Å². The van der Waals surface area contributed by atoms with Crippen LogP contribution in [0, 0.1) is 0 Å². The van der Waals surface area contributed by atoms with E-state index in [0.717, 1.165) is 6.16 Å². The number of amides is 1. The lowest BCUT2D eigenvalue weighted by Gasteiger charge is -2.43. The molecule has 2 aliphatic heterocycles. The van der Waals surface area contributed by atoms with E-state index in [2.05, 4.69) is 15.3 Å². The highest BCUT2D eigenvalue weighted by atomic mass is 32.8. The van der Waals surface area contributed by atoms with E-state index in [1.54, 1.807) is 4.90 Å². The molecule has 2 rings (SSSR count). The Bertz CT molecular complexity index is 279. The van der Waals surface area contributed by atoms with Gasteiger partial charge in [0, 0.05) is 11.4 Å². The number of nitrogens with zero attached hydrogens (tertiary/aromatic N) is 1. The maximum atomic E-state index is 11.0. The van der Waals surface area contributed by atoms with E-state index in [9.17, 15) is 4.79 Å². The van der Waals surface area contributed by atoms with Crippen molar-refractivity contribution in [2.75, 3.05) is 6.16 Å². The van der Waals surface area contributed by atoms with Crippen molar-refractivity contribution in [2.24, 2.45) is 0 Å². The molecule has 0 aromatic carbocycles. The number of hydrogen-bond acceptors (Lipinski definition) is 2. The van der Waals surface area contributed by atoms with Gasteiger partial charge in [-0.3, -0.25) is 4.79 Å². The van der Waals surface area contributed by atoms with E-state index in [1.165, 1.54) is 0 Å². The number of rotatable bonds is 1. The normalized spacial score (nSPS) is 39.2. The summed E-state index contributed by atoms with van der Waals surface area (Å²) in [4.78, 5) is 12.8. The van der Waals surface area contributed by atoms with Crippen molar-refractivity contribution in [3.05, 3.63) is 12.3 Å². The Morgan fingerprint density at radius 2 is 2.58 bits per heavy atom. The predicted molar refractivity (Wildman–Crippen MR) is 57.5 cm³/mol. The monoisotopic (exact) mass is 219 g/mol. The Labute approximate surface area is 81.2 Å². The first kappa shape index (κ1) is 8.79. The average Bonchev–Trinajstić information content (AvgIpc) is 2.06. The Balaban J connectivity index is 2.21. The highest BCUT2D eigenvalue weighted by Gasteiger charge is 2.40. The molecule has 4 atom stereocenters. The molecule has 5 heteroatoms. The van der Waals surface area contributed by atoms with Crippen LogP contribution in [-0.4, -0.2) is 27.6 Å². The smallest absolute Gasteiger partial charge is 0.230 e. The molecular weight excluding hydrogens is 209 g/mol. The highest BCUT2D eigenvalue weighted by molar-refractivity contribution is 8.29. The molecule has 2 nitrogen and oxygen atoms in total. The zero-order chi connectivity index (χ0) is 8.72. The quantitative estimate of drug-likeness (QED) is 0.470. The molecule has 0 N–H and O–H groups in total. The highest BCUT2D eigenvalue weighted by Crippen LogP contribution is 2.29. The van der Waals surface area contributed by atoms with Crippen molar-refractivity contribution in [1.82, 2.24) is 4.90 Å².